The third kappa shape index (κ3) is 4.08. The normalized spacial score (nSPS) is 9.19. The Morgan fingerprint density at radius 2 is 2.19 bits per heavy atom. The Morgan fingerprint density at radius 1 is 1.50 bits per heavy atom. The largest absolute Gasteiger partial charge is 0.494 e. The van der Waals surface area contributed by atoms with Crippen LogP contribution in [0.4, 0.5) is 5.69 Å². The maximum absolute atomic E-state index is 11.1. The third-order valence-electron chi connectivity index (χ3n) is 1.97. The van der Waals surface area contributed by atoms with Crippen LogP contribution < -0.4 is 15.8 Å². The molecule has 1 rings (SSSR count). The lowest BCUT2D eigenvalue weighted by Gasteiger charge is -2.09. The quantitative estimate of drug-likeness (QED) is 0.848. The smallest absolute Gasteiger partial charge is 0.238 e. The summed E-state index contributed by atoms with van der Waals surface area (Å²) in [6.45, 7) is 4.47. The molecular weight excluding hydrogens is 228 g/mol. The van der Waals surface area contributed by atoms with Gasteiger partial charge in [0, 0.05) is 5.69 Å². The second-order valence-corrected chi connectivity index (χ2v) is 3.16. The highest BCUT2D eigenvalue weighted by atomic mass is 35.5. The molecule has 0 aliphatic rings. The van der Waals surface area contributed by atoms with E-state index < -0.39 is 0 Å². The van der Waals surface area contributed by atoms with Crippen molar-refractivity contribution in [3.05, 3.63) is 23.8 Å². The van der Waals surface area contributed by atoms with E-state index in [1.165, 1.54) is 0 Å². The van der Waals surface area contributed by atoms with Gasteiger partial charge in [-0.05, 0) is 37.6 Å². The molecule has 0 saturated carbocycles. The summed E-state index contributed by atoms with van der Waals surface area (Å²) in [4.78, 5) is 11.1. The van der Waals surface area contributed by atoms with Crippen LogP contribution in [0.2, 0.25) is 0 Å². The van der Waals surface area contributed by atoms with Gasteiger partial charge in [-0.15, -0.1) is 12.4 Å². The van der Waals surface area contributed by atoms with Crippen molar-refractivity contribution >= 4 is 24.0 Å². The fourth-order valence-electron chi connectivity index (χ4n) is 1.23. The van der Waals surface area contributed by atoms with Crippen molar-refractivity contribution in [1.29, 1.82) is 0 Å². The molecule has 0 spiro atoms. The van der Waals surface area contributed by atoms with Crippen LogP contribution in [0.1, 0.15) is 12.5 Å². The van der Waals surface area contributed by atoms with E-state index in [9.17, 15) is 4.79 Å². The summed E-state index contributed by atoms with van der Waals surface area (Å²) in [5.74, 6) is 0.614. The Morgan fingerprint density at radius 3 is 2.69 bits per heavy atom. The fourth-order valence-corrected chi connectivity index (χ4v) is 1.23. The van der Waals surface area contributed by atoms with Crippen LogP contribution in [-0.2, 0) is 4.79 Å². The zero-order valence-corrected chi connectivity index (χ0v) is 10.3. The number of halogens is 1. The first-order valence-electron chi connectivity index (χ1n) is 4.90. The molecule has 0 atom stereocenters. The second kappa shape index (κ2) is 7.09. The Balaban J connectivity index is 0.00000225. The first-order chi connectivity index (χ1) is 7.17. The van der Waals surface area contributed by atoms with Gasteiger partial charge in [0.2, 0.25) is 5.91 Å². The minimum Gasteiger partial charge on any atom is -0.494 e. The van der Waals surface area contributed by atoms with Crippen molar-refractivity contribution in [2.75, 3.05) is 18.5 Å². The number of anilines is 1. The number of rotatable bonds is 4. The molecule has 5 heteroatoms. The molecule has 1 aromatic carbocycles. The van der Waals surface area contributed by atoms with Gasteiger partial charge in [0.25, 0.3) is 0 Å². The Bertz CT molecular complexity index is 356. The highest BCUT2D eigenvalue weighted by molar-refractivity contribution is 5.92. The third-order valence-corrected chi connectivity index (χ3v) is 1.97. The molecule has 1 amide bonds. The zero-order valence-electron chi connectivity index (χ0n) is 9.45. The van der Waals surface area contributed by atoms with E-state index in [2.05, 4.69) is 5.32 Å². The van der Waals surface area contributed by atoms with Gasteiger partial charge in [-0.3, -0.25) is 4.79 Å². The number of hydrogen-bond donors (Lipinski definition) is 2. The predicted octanol–water partition coefficient (Wildman–Crippen LogP) is 1.71. The zero-order chi connectivity index (χ0) is 11.3. The predicted molar refractivity (Wildman–Crippen MR) is 67.3 cm³/mol. The number of hydrogen-bond acceptors (Lipinski definition) is 3. The maximum atomic E-state index is 11.1. The molecule has 0 aliphatic heterocycles. The lowest BCUT2D eigenvalue weighted by atomic mass is 10.2. The standard InChI is InChI=1S/C11H16N2O2.ClH/c1-3-15-9-4-5-10(8(2)6-9)13-11(14)7-12;/h4-6H,3,7,12H2,1-2H3,(H,13,14);1H. The summed E-state index contributed by atoms with van der Waals surface area (Å²) in [6, 6.07) is 5.52. The molecular formula is C11H17ClN2O2. The van der Waals surface area contributed by atoms with Crippen LogP contribution in [-0.4, -0.2) is 19.1 Å². The van der Waals surface area contributed by atoms with E-state index in [0.29, 0.717) is 6.61 Å². The number of nitrogens with two attached hydrogens (primary N) is 1. The van der Waals surface area contributed by atoms with Crippen molar-refractivity contribution in [1.82, 2.24) is 0 Å². The molecule has 90 valence electrons. The van der Waals surface area contributed by atoms with E-state index in [1.54, 1.807) is 0 Å². The van der Waals surface area contributed by atoms with Crippen LogP contribution in [0.15, 0.2) is 18.2 Å². The first-order valence-corrected chi connectivity index (χ1v) is 4.90. The van der Waals surface area contributed by atoms with Crippen molar-refractivity contribution in [3.63, 3.8) is 0 Å². The molecule has 0 fully saturated rings. The second-order valence-electron chi connectivity index (χ2n) is 3.16. The van der Waals surface area contributed by atoms with Crippen LogP contribution in [0.3, 0.4) is 0 Å². The van der Waals surface area contributed by atoms with Gasteiger partial charge in [0.15, 0.2) is 0 Å². The van der Waals surface area contributed by atoms with Crippen molar-refractivity contribution in [3.8, 4) is 5.75 Å². The molecule has 0 saturated heterocycles. The molecule has 0 bridgehead atoms. The van der Waals surface area contributed by atoms with Crippen molar-refractivity contribution in [2.45, 2.75) is 13.8 Å². The van der Waals surface area contributed by atoms with Gasteiger partial charge in [0.1, 0.15) is 5.75 Å². The van der Waals surface area contributed by atoms with E-state index >= 15 is 0 Å². The number of benzene rings is 1. The number of amides is 1. The molecule has 1 aromatic rings. The number of ether oxygens (including phenoxy) is 1. The van der Waals surface area contributed by atoms with Crippen molar-refractivity contribution < 1.29 is 9.53 Å². The molecule has 16 heavy (non-hydrogen) atoms. The van der Waals surface area contributed by atoms with E-state index in [0.717, 1.165) is 17.0 Å². The average Bonchev–Trinajstić information content (AvgIpc) is 2.22. The number of nitrogens with one attached hydrogen (secondary N) is 1. The van der Waals surface area contributed by atoms with Crippen LogP contribution in [0.25, 0.3) is 0 Å². The topological polar surface area (TPSA) is 64.3 Å². The summed E-state index contributed by atoms with van der Waals surface area (Å²) in [6.07, 6.45) is 0. The number of aryl methyl sites for hydroxylation is 1. The highest BCUT2D eigenvalue weighted by Gasteiger charge is 2.03. The highest BCUT2D eigenvalue weighted by Crippen LogP contribution is 2.21. The monoisotopic (exact) mass is 244 g/mol. The number of carbonyl (C=O) groups excluding carboxylic acids is 1. The van der Waals surface area contributed by atoms with Gasteiger partial charge in [-0.25, -0.2) is 0 Å². The minimum atomic E-state index is -0.192. The first kappa shape index (κ1) is 14.7. The van der Waals surface area contributed by atoms with Gasteiger partial charge in [-0.1, -0.05) is 0 Å². The van der Waals surface area contributed by atoms with E-state index in [-0.39, 0.29) is 24.9 Å². The Labute approximate surface area is 102 Å². The minimum absolute atomic E-state index is 0. The Kier molecular flexibility index (Phi) is 6.53. The fraction of sp³-hybridized carbons (Fsp3) is 0.364. The number of carbonyl (C=O) groups is 1. The van der Waals surface area contributed by atoms with E-state index in [1.807, 2.05) is 32.0 Å². The van der Waals surface area contributed by atoms with Gasteiger partial charge >= 0.3 is 0 Å². The summed E-state index contributed by atoms with van der Waals surface area (Å²) >= 11 is 0. The van der Waals surface area contributed by atoms with Crippen molar-refractivity contribution in [2.24, 2.45) is 5.73 Å². The summed E-state index contributed by atoms with van der Waals surface area (Å²) in [5, 5.41) is 2.71. The summed E-state index contributed by atoms with van der Waals surface area (Å²) < 4.78 is 5.34. The maximum Gasteiger partial charge on any atom is 0.238 e. The molecule has 4 nitrogen and oxygen atoms in total. The molecule has 0 unspecified atom stereocenters. The van der Waals surface area contributed by atoms with Crippen LogP contribution in [0, 0.1) is 6.92 Å². The van der Waals surface area contributed by atoms with Gasteiger partial charge in [-0.2, -0.15) is 0 Å². The van der Waals surface area contributed by atoms with Crippen LogP contribution >= 0.6 is 12.4 Å². The average molecular weight is 245 g/mol. The van der Waals surface area contributed by atoms with E-state index in [4.69, 9.17) is 10.5 Å². The lowest BCUT2D eigenvalue weighted by molar-refractivity contribution is -0.114. The SMILES string of the molecule is CCOc1ccc(NC(=O)CN)c(C)c1.Cl. The molecule has 0 aliphatic carbocycles. The van der Waals surface area contributed by atoms with Gasteiger partial charge < -0.3 is 15.8 Å². The molecule has 0 heterocycles. The summed E-state index contributed by atoms with van der Waals surface area (Å²) in [5.41, 5.74) is 6.94. The summed E-state index contributed by atoms with van der Waals surface area (Å²) in [7, 11) is 0. The molecule has 0 radical (unpaired) electrons. The Hall–Kier alpha value is -1.26. The molecule has 0 aromatic heterocycles. The lowest BCUT2D eigenvalue weighted by Crippen LogP contribution is -2.22. The van der Waals surface area contributed by atoms with Crippen LogP contribution in [0.5, 0.6) is 5.75 Å². The molecule has 3 N–H and O–H groups in total. The van der Waals surface area contributed by atoms with Gasteiger partial charge in [0.05, 0.1) is 13.2 Å².